The average molecular weight is 372 g/mol. The van der Waals surface area contributed by atoms with Crippen molar-refractivity contribution in [2.45, 2.75) is 45.8 Å². The van der Waals surface area contributed by atoms with Crippen LogP contribution in [-0.2, 0) is 9.53 Å². The van der Waals surface area contributed by atoms with E-state index in [2.05, 4.69) is 21.2 Å². The van der Waals surface area contributed by atoms with Crippen molar-refractivity contribution < 1.29 is 19.4 Å². The quantitative estimate of drug-likeness (QED) is 0.805. The molecule has 2 N–H and O–H groups in total. The largest absolute Gasteiger partial charge is 0.480 e. The molecule has 0 heterocycles. The molecule has 1 aromatic carbocycles. The number of halogens is 1. The molecule has 0 spiro atoms. The molecule has 1 amide bonds. The van der Waals surface area contributed by atoms with Gasteiger partial charge in [-0.05, 0) is 51.5 Å². The minimum atomic E-state index is -1.07. The van der Waals surface area contributed by atoms with E-state index >= 15 is 0 Å². The van der Waals surface area contributed by atoms with Crippen molar-refractivity contribution in [2.75, 3.05) is 6.61 Å². The monoisotopic (exact) mass is 371 g/mol. The van der Waals surface area contributed by atoms with Crippen LogP contribution < -0.4 is 5.32 Å². The summed E-state index contributed by atoms with van der Waals surface area (Å²) in [6.07, 6.45) is 0.216. The number of carbonyl (C=O) groups is 2. The fourth-order valence-electron chi connectivity index (χ4n) is 1.77. The van der Waals surface area contributed by atoms with Crippen LogP contribution in [0.15, 0.2) is 22.7 Å². The van der Waals surface area contributed by atoms with E-state index in [1.54, 1.807) is 18.2 Å². The van der Waals surface area contributed by atoms with Crippen LogP contribution in [0.2, 0.25) is 0 Å². The molecule has 1 aromatic rings. The predicted molar refractivity (Wildman–Crippen MR) is 88.1 cm³/mol. The lowest BCUT2D eigenvalue weighted by atomic mass is 10.1. The fraction of sp³-hybridized carbons (Fsp3) is 0.500. The highest BCUT2D eigenvalue weighted by atomic mass is 79.9. The van der Waals surface area contributed by atoms with Crippen LogP contribution in [0.1, 0.15) is 43.1 Å². The van der Waals surface area contributed by atoms with Gasteiger partial charge in [-0.3, -0.25) is 4.79 Å². The Morgan fingerprint density at radius 2 is 2.00 bits per heavy atom. The summed E-state index contributed by atoms with van der Waals surface area (Å²) in [5, 5.41) is 11.8. The lowest BCUT2D eigenvalue weighted by Gasteiger charge is -2.21. The molecule has 0 aromatic heterocycles. The highest BCUT2D eigenvalue weighted by molar-refractivity contribution is 9.10. The van der Waals surface area contributed by atoms with Crippen LogP contribution in [-0.4, -0.2) is 35.2 Å². The van der Waals surface area contributed by atoms with Crippen LogP contribution in [0.3, 0.4) is 0 Å². The Labute approximate surface area is 139 Å². The van der Waals surface area contributed by atoms with Gasteiger partial charge in [0.2, 0.25) is 0 Å². The minimum Gasteiger partial charge on any atom is -0.480 e. The van der Waals surface area contributed by atoms with Gasteiger partial charge in [0.15, 0.2) is 0 Å². The Hall–Kier alpha value is -1.40. The standard InChI is InChI=1S/C16H22BrNO4/c1-10-9-11(5-6-12(10)17)14(19)18-13(15(20)21)7-8-22-16(2,3)4/h5-6,9,13H,7-8H2,1-4H3,(H,18,19)(H,20,21). The maximum atomic E-state index is 12.2. The molecule has 6 heteroatoms. The van der Waals surface area contributed by atoms with Gasteiger partial charge >= 0.3 is 5.97 Å². The van der Waals surface area contributed by atoms with E-state index in [-0.39, 0.29) is 18.6 Å². The van der Waals surface area contributed by atoms with Crippen molar-refractivity contribution in [3.8, 4) is 0 Å². The predicted octanol–water partition coefficient (Wildman–Crippen LogP) is 3.15. The number of carboxylic acids is 1. The number of amides is 1. The molecule has 0 bridgehead atoms. The summed E-state index contributed by atoms with van der Waals surface area (Å²) in [7, 11) is 0. The van der Waals surface area contributed by atoms with Gasteiger partial charge < -0.3 is 15.2 Å². The molecule has 0 radical (unpaired) electrons. The zero-order valence-electron chi connectivity index (χ0n) is 13.3. The molecule has 22 heavy (non-hydrogen) atoms. The molecule has 0 saturated heterocycles. The van der Waals surface area contributed by atoms with Gasteiger partial charge in [-0.15, -0.1) is 0 Å². The number of nitrogens with one attached hydrogen (secondary N) is 1. The zero-order chi connectivity index (χ0) is 16.9. The third-order valence-electron chi connectivity index (χ3n) is 2.97. The highest BCUT2D eigenvalue weighted by Crippen LogP contribution is 2.17. The zero-order valence-corrected chi connectivity index (χ0v) is 14.9. The summed E-state index contributed by atoms with van der Waals surface area (Å²) < 4.78 is 6.41. The number of aryl methyl sites for hydroxylation is 1. The van der Waals surface area contributed by atoms with E-state index < -0.39 is 17.9 Å². The minimum absolute atomic E-state index is 0.216. The summed E-state index contributed by atoms with van der Waals surface area (Å²) in [4.78, 5) is 23.4. The topological polar surface area (TPSA) is 75.6 Å². The molecule has 0 fully saturated rings. The maximum Gasteiger partial charge on any atom is 0.326 e. The number of hydrogen-bond donors (Lipinski definition) is 2. The van der Waals surface area contributed by atoms with Gasteiger partial charge in [-0.25, -0.2) is 4.79 Å². The summed E-state index contributed by atoms with van der Waals surface area (Å²) >= 11 is 3.36. The van der Waals surface area contributed by atoms with Gasteiger partial charge in [0.05, 0.1) is 5.60 Å². The van der Waals surface area contributed by atoms with Gasteiger partial charge in [0.25, 0.3) is 5.91 Å². The fourth-order valence-corrected chi connectivity index (χ4v) is 2.01. The molecule has 0 aliphatic rings. The van der Waals surface area contributed by atoms with Crippen molar-refractivity contribution in [3.05, 3.63) is 33.8 Å². The Balaban J connectivity index is 2.68. The number of carbonyl (C=O) groups excluding carboxylic acids is 1. The van der Waals surface area contributed by atoms with E-state index in [1.807, 2.05) is 27.7 Å². The lowest BCUT2D eigenvalue weighted by molar-refractivity contribution is -0.140. The summed E-state index contributed by atoms with van der Waals surface area (Å²) in [6, 6.07) is 4.16. The van der Waals surface area contributed by atoms with Crippen molar-refractivity contribution in [1.29, 1.82) is 0 Å². The van der Waals surface area contributed by atoms with Gasteiger partial charge in [-0.1, -0.05) is 15.9 Å². The maximum absolute atomic E-state index is 12.2. The molecule has 0 aliphatic heterocycles. The number of aliphatic carboxylic acids is 1. The second-order valence-electron chi connectivity index (χ2n) is 6.08. The van der Waals surface area contributed by atoms with Crippen LogP contribution in [0.5, 0.6) is 0 Å². The Kier molecular flexibility index (Phi) is 6.56. The van der Waals surface area contributed by atoms with E-state index in [0.717, 1.165) is 10.0 Å². The van der Waals surface area contributed by atoms with E-state index in [0.29, 0.717) is 5.56 Å². The Morgan fingerprint density at radius 3 is 2.50 bits per heavy atom. The summed E-state index contributed by atoms with van der Waals surface area (Å²) in [6.45, 7) is 7.82. The number of ether oxygens (including phenoxy) is 1. The summed E-state index contributed by atoms with van der Waals surface area (Å²) in [5.74, 6) is -1.47. The number of carboxylic acid groups (broad SMARTS) is 1. The van der Waals surface area contributed by atoms with E-state index in [9.17, 15) is 14.7 Å². The first-order valence-corrected chi connectivity index (χ1v) is 7.83. The average Bonchev–Trinajstić information content (AvgIpc) is 2.39. The van der Waals surface area contributed by atoms with Gasteiger partial charge in [0, 0.05) is 23.1 Å². The number of rotatable bonds is 6. The molecular formula is C16H22BrNO4. The molecule has 5 nitrogen and oxygen atoms in total. The Morgan fingerprint density at radius 1 is 1.36 bits per heavy atom. The molecule has 1 atom stereocenters. The third kappa shape index (κ3) is 6.15. The molecule has 0 saturated carbocycles. The van der Waals surface area contributed by atoms with Crippen molar-refractivity contribution in [2.24, 2.45) is 0 Å². The molecular weight excluding hydrogens is 350 g/mol. The van der Waals surface area contributed by atoms with Crippen LogP contribution >= 0.6 is 15.9 Å². The number of benzene rings is 1. The molecule has 0 aliphatic carbocycles. The normalized spacial score (nSPS) is 12.8. The first-order valence-electron chi connectivity index (χ1n) is 7.04. The van der Waals surface area contributed by atoms with Crippen LogP contribution in [0.25, 0.3) is 0 Å². The Bertz CT molecular complexity index is 552. The first kappa shape index (κ1) is 18.6. The van der Waals surface area contributed by atoms with Gasteiger partial charge in [0.1, 0.15) is 6.04 Å². The van der Waals surface area contributed by atoms with E-state index in [1.165, 1.54) is 0 Å². The lowest BCUT2D eigenvalue weighted by Crippen LogP contribution is -2.42. The third-order valence-corrected chi connectivity index (χ3v) is 3.85. The van der Waals surface area contributed by atoms with Gasteiger partial charge in [-0.2, -0.15) is 0 Å². The van der Waals surface area contributed by atoms with Crippen molar-refractivity contribution >= 4 is 27.8 Å². The van der Waals surface area contributed by atoms with Crippen molar-refractivity contribution in [3.63, 3.8) is 0 Å². The van der Waals surface area contributed by atoms with Crippen LogP contribution in [0.4, 0.5) is 0 Å². The van der Waals surface area contributed by atoms with E-state index in [4.69, 9.17) is 4.74 Å². The highest BCUT2D eigenvalue weighted by Gasteiger charge is 2.22. The summed E-state index contributed by atoms with van der Waals surface area (Å²) in [5.41, 5.74) is 1.01. The second-order valence-corrected chi connectivity index (χ2v) is 6.93. The first-order chi connectivity index (χ1) is 10.1. The smallest absolute Gasteiger partial charge is 0.326 e. The molecule has 1 rings (SSSR count). The number of hydrogen-bond acceptors (Lipinski definition) is 3. The molecule has 1 unspecified atom stereocenters. The second kappa shape index (κ2) is 7.74. The SMILES string of the molecule is Cc1cc(C(=O)NC(CCOC(C)(C)C)C(=O)O)ccc1Br. The van der Waals surface area contributed by atoms with Crippen molar-refractivity contribution in [1.82, 2.24) is 5.32 Å². The van der Waals surface area contributed by atoms with Crippen LogP contribution in [0, 0.1) is 6.92 Å². The molecule has 122 valence electrons.